The van der Waals surface area contributed by atoms with Crippen molar-refractivity contribution in [2.24, 2.45) is 0 Å². The summed E-state index contributed by atoms with van der Waals surface area (Å²) in [5, 5.41) is 13.3. The molecule has 0 bridgehead atoms. The Labute approximate surface area is 81.4 Å². The van der Waals surface area contributed by atoms with Crippen LogP contribution >= 0.6 is 11.5 Å². The second-order valence-corrected chi connectivity index (χ2v) is 4.30. The molecule has 1 aliphatic heterocycles. The van der Waals surface area contributed by atoms with Gasteiger partial charge in [-0.05, 0) is 24.9 Å². The third kappa shape index (κ3) is 2.04. The smallest absolute Gasteiger partial charge is 0.0769 e. The van der Waals surface area contributed by atoms with Gasteiger partial charge in [-0.1, -0.05) is 4.49 Å². The predicted octanol–water partition coefficient (Wildman–Crippen LogP) is 0.413. The summed E-state index contributed by atoms with van der Waals surface area (Å²) in [7, 11) is 0. The minimum absolute atomic E-state index is 0.138. The minimum Gasteiger partial charge on any atom is -0.392 e. The first-order valence-corrected chi connectivity index (χ1v) is 5.21. The Balaban J connectivity index is 1.95. The van der Waals surface area contributed by atoms with Crippen LogP contribution in [0.2, 0.25) is 0 Å². The summed E-state index contributed by atoms with van der Waals surface area (Å²) in [5.74, 6) is 0. The molecule has 0 radical (unpaired) electrons. The van der Waals surface area contributed by atoms with E-state index in [1.807, 2.05) is 6.92 Å². The quantitative estimate of drug-likeness (QED) is 0.749. The highest BCUT2D eigenvalue weighted by atomic mass is 32.1. The van der Waals surface area contributed by atoms with Gasteiger partial charge >= 0.3 is 0 Å². The number of likely N-dealkylation sites (tertiary alicyclic amines) is 1. The molecule has 72 valence electrons. The summed E-state index contributed by atoms with van der Waals surface area (Å²) in [6.45, 7) is 4.64. The van der Waals surface area contributed by atoms with Crippen molar-refractivity contribution in [3.05, 3.63) is 10.6 Å². The lowest BCUT2D eigenvalue weighted by Gasteiger charge is -2.12. The second kappa shape index (κ2) is 3.69. The van der Waals surface area contributed by atoms with Gasteiger partial charge in [-0.2, -0.15) is 0 Å². The van der Waals surface area contributed by atoms with Crippen molar-refractivity contribution < 1.29 is 5.11 Å². The number of hydrogen-bond donors (Lipinski definition) is 1. The molecule has 5 heteroatoms. The highest BCUT2D eigenvalue weighted by molar-refractivity contribution is 7.05. The van der Waals surface area contributed by atoms with E-state index in [0.29, 0.717) is 0 Å². The van der Waals surface area contributed by atoms with Crippen molar-refractivity contribution in [1.82, 2.24) is 14.5 Å². The van der Waals surface area contributed by atoms with Gasteiger partial charge in [0.2, 0.25) is 0 Å². The van der Waals surface area contributed by atoms with Crippen LogP contribution in [0.4, 0.5) is 0 Å². The predicted molar refractivity (Wildman–Crippen MR) is 50.5 cm³/mol. The zero-order valence-electron chi connectivity index (χ0n) is 7.60. The molecule has 1 N–H and O–H groups in total. The van der Waals surface area contributed by atoms with Crippen LogP contribution in [0, 0.1) is 6.92 Å². The van der Waals surface area contributed by atoms with Crippen molar-refractivity contribution in [3.8, 4) is 0 Å². The van der Waals surface area contributed by atoms with Crippen molar-refractivity contribution in [2.45, 2.75) is 26.0 Å². The Hall–Kier alpha value is -0.520. The fourth-order valence-corrected chi connectivity index (χ4v) is 2.23. The molecule has 1 saturated heterocycles. The number of hydrogen-bond acceptors (Lipinski definition) is 5. The average molecular weight is 199 g/mol. The SMILES string of the molecule is Cc1nnsc1CN1CCC(O)C1. The Kier molecular flexibility index (Phi) is 2.57. The molecule has 0 spiro atoms. The highest BCUT2D eigenvalue weighted by Crippen LogP contribution is 2.16. The number of aromatic nitrogens is 2. The molecule has 1 aromatic heterocycles. The normalized spacial score (nSPS) is 24.0. The fraction of sp³-hybridized carbons (Fsp3) is 0.750. The van der Waals surface area contributed by atoms with Gasteiger partial charge in [0, 0.05) is 19.6 Å². The molecule has 0 aromatic carbocycles. The lowest BCUT2D eigenvalue weighted by Crippen LogP contribution is -2.21. The molecule has 1 aliphatic rings. The molecular weight excluding hydrogens is 186 g/mol. The second-order valence-electron chi connectivity index (χ2n) is 3.46. The number of aliphatic hydroxyl groups excluding tert-OH is 1. The topological polar surface area (TPSA) is 49.2 Å². The zero-order valence-corrected chi connectivity index (χ0v) is 8.42. The van der Waals surface area contributed by atoms with Gasteiger partial charge in [-0.3, -0.25) is 4.90 Å². The summed E-state index contributed by atoms with van der Waals surface area (Å²) >= 11 is 1.45. The van der Waals surface area contributed by atoms with E-state index in [-0.39, 0.29) is 6.10 Å². The molecule has 1 fully saturated rings. The molecule has 2 heterocycles. The van der Waals surface area contributed by atoms with E-state index in [1.54, 1.807) is 0 Å². The molecule has 2 rings (SSSR count). The molecule has 0 saturated carbocycles. The monoisotopic (exact) mass is 199 g/mol. The van der Waals surface area contributed by atoms with Crippen LogP contribution in [0.3, 0.4) is 0 Å². The Morgan fingerprint density at radius 3 is 3.08 bits per heavy atom. The molecule has 0 amide bonds. The summed E-state index contributed by atoms with van der Waals surface area (Å²) in [6.07, 6.45) is 0.756. The number of nitrogens with zero attached hydrogens (tertiary/aromatic N) is 3. The van der Waals surface area contributed by atoms with Crippen molar-refractivity contribution in [2.75, 3.05) is 13.1 Å². The standard InChI is InChI=1S/C8H13N3OS/c1-6-8(13-10-9-6)5-11-3-2-7(12)4-11/h7,12H,2-5H2,1H3. The Morgan fingerprint density at radius 2 is 2.54 bits per heavy atom. The van der Waals surface area contributed by atoms with Gasteiger partial charge in [0.05, 0.1) is 16.7 Å². The highest BCUT2D eigenvalue weighted by Gasteiger charge is 2.21. The molecule has 0 aliphatic carbocycles. The summed E-state index contributed by atoms with van der Waals surface area (Å²) in [5.41, 5.74) is 1.02. The van der Waals surface area contributed by atoms with E-state index in [0.717, 1.165) is 31.7 Å². The van der Waals surface area contributed by atoms with Crippen LogP contribution in [0.25, 0.3) is 0 Å². The van der Waals surface area contributed by atoms with Gasteiger partial charge in [0.1, 0.15) is 0 Å². The molecule has 13 heavy (non-hydrogen) atoms. The Morgan fingerprint density at radius 1 is 1.69 bits per heavy atom. The van der Waals surface area contributed by atoms with Gasteiger partial charge < -0.3 is 5.11 Å². The Bertz CT molecular complexity index is 289. The van der Waals surface area contributed by atoms with Gasteiger partial charge in [0.25, 0.3) is 0 Å². The van der Waals surface area contributed by atoms with Crippen LogP contribution in [-0.2, 0) is 6.54 Å². The maximum atomic E-state index is 9.33. The molecule has 4 nitrogen and oxygen atoms in total. The largest absolute Gasteiger partial charge is 0.392 e. The lowest BCUT2D eigenvalue weighted by atomic mass is 10.3. The molecule has 1 atom stereocenters. The fourth-order valence-electron chi connectivity index (χ4n) is 1.55. The number of aliphatic hydroxyl groups is 1. The molecule has 1 unspecified atom stereocenters. The number of β-amino-alcohol motifs (C(OH)–C–C–N with tert-alkyl or cyclic N) is 1. The van der Waals surface area contributed by atoms with E-state index in [1.165, 1.54) is 16.4 Å². The van der Waals surface area contributed by atoms with Gasteiger partial charge in [0.15, 0.2) is 0 Å². The minimum atomic E-state index is -0.138. The van der Waals surface area contributed by atoms with Gasteiger partial charge in [-0.25, -0.2) is 0 Å². The summed E-state index contributed by atoms with van der Waals surface area (Å²) in [6, 6.07) is 0. The van der Waals surface area contributed by atoms with Crippen molar-refractivity contribution in [3.63, 3.8) is 0 Å². The van der Waals surface area contributed by atoms with Crippen LogP contribution in [0.15, 0.2) is 0 Å². The van der Waals surface area contributed by atoms with E-state index in [4.69, 9.17) is 0 Å². The third-order valence-electron chi connectivity index (χ3n) is 2.36. The first kappa shape index (κ1) is 9.05. The maximum Gasteiger partial charge on any atom is 0.0769 e. The van der Waals surface area contributed by atoms with E-state index in [9.17, 15) is 5.11 Å². The molecule has 1 aromatic rings. The summed E-state index contributed by atoms with van der Waals surface area (Å²) < 4.78 is 3.89. The molecular formula is C8H13N3OS. The van der Waals surface area contributed by atoms with Crippen molar-refractivity contribution >= 4 is 11.5 Å². The van der Waals surface area contributed by atoms with Crippen LogP contribution < -0.4 is 0 Å². The first-order chi connectivity index (χ1) is 6.25. The zero-order chi connectivity index (χ0) is 9.26. The van der Waals surface area contributed by atoms with E-state index in [2.05, 4.69) is 14.5 Å². The average Bonchev–Trinajstić information content (AvgIpc) is 2.64. The maximum absolute atomic E-state index is 9.33. The lowest BCUT2D eigenvalue weighted by molar-refractivity contribution is 0.175. The first-order valence-electron chi connectivity index (χ1n) is 4.44. The van der Waals surface area contributed by atoms with E-state index >= 15 is 0 Å². The van der Waals surface area contributed by atoms with Crippen molar-refractivity contribution in [1.29, 1.82) is 0 Å². The number of rotatable bonds is 2. The van der Waals surface area contributed by atoms with Gasteiger partial charge in [-0.15, -0.1) is 5.10 Å². The van der Waals surface area contributed by atoms with Crippen LogP contribution in [-0.4, -0.2) is 38.8 Å². The van der Waals surface area contributed by atoms with Crippen LogP contribution in [0.5, 0.6) is 0 Å². The van der Waals surface area contributed by atoms with Crippen LogP contribution in [0.1, 0.15) is 17.0 Å². The van der Waals surface area contributed by atoms with E-state index < -0.39 is 0 Å². The summed E-state index contributed by atoms with van der Waals surface area (Å²) in [4.78, 5) is 3.46. The third-order valence-corrected chi connectivity index (χ3v) is 3.17. The number of aryl methyl sites for hydroxylation is 1.